The molecule has 0 aliphatic heterocycles. The van der Waals surface area contributed by atoms with Crippen LogP contribution in [-0.2, 0) is 12.8 Å². The number of hydrogen-bond acceptors (Lipinski definition) is 5. The van der Waals surface area contributed by atoms with Crippen molar-refractivity contribution < 1.29 is 0 Å². The third kappa shape index (κ3) is 2.36. The van der Waals surface area contributed by atoms with Crippen LogP contribution < -0.4 is 11.3 Å². The van der Waals surface area contributed by atoms with Crippen molar-refractivity contribution in [1.82, 2.24) is 10.4 Å². The second-order valence-corrected chi connectivity index (χ2v) is 6.68. The normalized spacial score (nSPS) is 20.6. The second kappa shape index (κ2) is 5.48. The van der Waals surface area contributed by atoms with Crippen molar-refractivity contribution in [3.8, 4) is 0 Å². The Morgan fingerprint density at radius 3 is 3.17 bits per heavy atom. The average Bonchev–Trinajstić information content (AvgIpc) is 3.06. The van der Waals surface area contributed by atoms with E-state index in [1.54, 1.807) is 16.2 Å². The number of hydrazine groups is 1. The van der Waals surface area contributed by atoms with Crippen LogP contribution in [0.4, 0.5) is 0 Å². The molecular formula is C13H17N3S2. The molecule has 0 bridgehead atoms. The van der Waals surface area contributed by atoms with Crippen molar-refractivity contribution >= 4 is 22.7 Å². The van der Waals surface area contributed by atoms with Gasteiger partial charge in [0.1, 0.15) is 0 Å². The minimum atomic E-state index is 0.296. The summed E-state index contributed by atoms with van der Waals surface area (Å²) >= 11 is 3.59. The topological polar surface area (TPSA) is 50.9 Å². The summed E-state index contributed by atoms with van der Waals surface area (Å²) in [5.41, 5.74) is 4.52. The highest BCUT2D eigenvalue weighted by atomic mass is 32.1. The van der Waals surface area contributed by atoms with Crippen LogP contribution in [0, 0.1) is 0 Å². The van der Waals surface area contributed by atoms with Gasteiger partial charge in [0.25, 0.3) is 0 Å². The molecule has 18 heavy (non-hydrogen) atoms. The van der Waals surface area contributed by atoms with E-state index in [1.807, 2.05) is 22.9 Å². The van der Waals surface area contributed by atoms with Gasteiger partial charge in [0, 0.05) is 34.8 Å². The molecular weight excluding hydrogens is 262 g/mol. The molecule has 2 unspecified atom stereocenters. The van der Waals surface area contributed by atoms with Gasteiger partial charge in [-0.05, 0) is 36.3 Å². The molecule has 0 aromatic carbocycles. The van der Waals surface area contributed by atoms with E-state index in [1.165, 1.54) is 29.8 Å². The molecule has 0 fully saturated rings. The van der Waals surface area contributed by atoms with Crippen molar-refractivity contribution in [1.29, 1.82) is 0 Å². The number of aryl methyl sites for hydroxylation is 1. The summed E-state index contributed by atoms with van der Waals surface area (Å²) in [5.74, 6) is 6.31. The average molecular weight is 279 g/mol. The van der Waals surface area contributed by atoms with E-state index in [-0.39, 0.29) is 0 Å². The van der Waals surface area contributed by atoms with E-state index in [0.29, 0.717) is 12.0 Å². The van der Waals surface area contributed by atoms with Crippen molar-refractivity contribution in [3.63, 3.8) is 0 Å². The number of thiophene rings is 1. The number of nitrogens with one attached hydrogen (secondary N) is 1. The van der Waals surface area contributed by atoms with Gasteiger partial charge in [-0.3, -0.25) is 11.3 Å². The molecule has 2 aromatic rings. The molecule has 3 rings (SSSR count). The standard InChI is InChI=1S/C13H17N3S2/c14-16-11(8-13-15-5-7-18-13)9-2-1-3-12-10(9)4-6-17-12/h4-7,9,11,16H,1-3,8,14H2. The van der Waals surface area contributed by atoms with Crippen LogP contribution in [0.15, 0.2) is 23.0 Å². The van der Waals surface area contributed by atoms with E-state index in [0.717, 1.165) is 6.42 Å². The van der Waals surface area contributed by atoms with Gasteiger partial charge in [-0.1, -0.05) is 0 Å². The third-order valence-corrected chi connectivity index (χ3v) is 5.47. The maximum atomic E-state index is 5.78. The highest BCUT2D eigenvalue weighted by Gasteiger charge is 2.28. The number of nitrogens with two attached hydrogens (primary N) is 1. The van der Waals surface area contributed by atoms with E-state index in [2.05, 4.69) is 21.9 Å². The van der Waals surface area contributed by atoms with Crippen LogP contribution >= 0.6 is 22.7 Å². The Kier molecular flexibility index (Phi) is 3.75. The van der Waals surface area contributed by atoms with Crippen molar-refractivity contribution in [2.24, 2.45) is 5.84 Å². The first-order valence-electron chi connectivity index (χ1n) is 6.29. The quantitative estimate of drug-likeness (QED) is 0.668. The van der Waals surface area contributed by atoms with Crippen LogP contribution in [-0.4, -0.2) is 11.0 Å². The SMILES string of the molecule is NNC(Cc1nccs1)C1CCCc2sccc21. The Hall–Kier alpha value is -0.750. The van der Waals surface area contributed by atoms with Gasteiger partial charge >= 0.3 is 0 Å². The molecule has 5 heteroatoms. The van der Waals surface area contributed by atoms with Gasteiger partial charge in [-0.2, -0.15) is 0 Å². The number of aromatic nitrogens is 1. The first-order chi connectivity index (χ1) is 8.88. The molecule has 2 heterocycles. The summed E-state index contributed by atoms with van der Waals surface area (Å²) in [6.07, 6.45) is 6.52. The van der Waals surface area contributed by atoms with Crippen LogP contribution in [0.25, 0.3) is 0 Å². The molecule has 2 atom stereocenters. The minimum absolute atomic E-state index is 0.296. The molecule has 0 amide bonds. The molecule has 3 N–H and O–H groups in total. The molecule has 0 spiro atoms. The highest BCUT2D eigenvalue weighted by molar-refractivity contribution is 7.10. The summed E-state index contributed by atoms with van der Waals surface area (Å²) in [4.78, 5) is 5.91. The maximum absolute atomic E-state index is 5.78. The fourth-order valence-corrected chi connectivity index (χ4v) is 4.47. The minimum Gasteiger partial charge on any atom is -0.271 e. The summed E-state index contributed by atoms with van der Waals surface area (Å²) in [7, 11) is 0. The summed E-state index contributed by atoms with van der Waals surface area (Å²) in [5, 5.41) is 5.40. The molecule has 1 aliphatic carbocycles. The summed E-state index contributed by atoms with van der Waals surface area (Å²) < 4.78 is 0. The van der Waals surface area contributed by atoms with E-state index < -0.39 is 0 Å². The highest BCUT2D eigenvalue weighted by Crippen LogP contribution is 2.37. The predicted molar refractivity (Wildman–Crippen MR) is 76.9 cm³/mol. The van der Waals surface area contributed by atoms with Crippen LogP contribution in [0.2, 0.25) is 0 Å². The first-order valence-corrected chi connectivity index (χ1v) is 8.05. The number of fused-ring (bicyclic) bond motifs is 1. The van der Waals surface area contributed by atoms with E-state index >= 15 is 0 Å². The van der Waals surface area contributed by atoms with Crippen LogP contribution in [0.3, 0.4) is 0 Å². The lowest BCUT2D eigenvalue weighted by Crippen LogP contribution is -2.42. The van der Waals surface area contributed by atoms with E-state index in [4.69, 9.17) is 5.84 Å². The Labute approximate surface area is 115 Å². The molecule has 0 saturated heterocycles. The van der Waals surface area contributed by atoms with Crippen LogP contribution in [0.5, 0.6) is 0 Å². The van der Waals surface area contributed by atoms with Gasteiger partial charge in [0.15, 0.2) is 0 Å². The van der Waals surface area contributed by atoms with Crippen molar-refractivity contribution in [2.75, 3.05) is 0 Å². The third-order valence-electron chi connectivity index (χ3n) is 3.68. The fraction of sp³-hybridized carbons (Fsp3) is 0.462. The predicted octanol–water partition coefficient (Wildman–Crippen LogP) is 2.70. The smallest absolute Gasteiger partial charge is 0.0941 e. The fourth-order valence-electron chi connectivity index (χ4n) is 2.80. The number of thiazole rings is 1. The Morgan fingerprint density at radius 1 is 1.44 bits per heavy atom. The maximum Gasteiger partial charge on any atom is 0.0941 e. The number of rotatable bonds is 4. The Bertz CT molecular complexity index is 492. The monoisotopic (exact) mass is 279 g/mol. The van der Waals surface area contributed by atoms with Gasteiger partial charge in [0.05, 0.1) is 5.01 Å². The zero-order valence-corrected chi connectivity index (χ0v) is 11.8. The second-order valence-electron chi connectivity index (χ2n) is 4.70. The van der Waals surface area contributed by atoms with Gasteiger partial charge < -0.3 is 0 Å². The lowest BCUT2D eigenvalue weighted by molar-refractivity contribution is 0.397. The van der Waals surface area contributed by atoms with Crippen molar-refractivity contribution in [2.45, 2.75) is 37.6 Å². The zero-order chi connectivity index (χ0) is 12.4. The van der Waals surface area contributed by atoms with Gasteiger partial charge in [0.2, 0.25) is 0 Å². The number of nitrogens with zero attached hydrogens (tertiary/aromatic N) is 1. The van der Waals surface area contributed by atoms with Gasteiger partial charge in [-0.15, -0.1) is 22.7 Å². The molecule has 3 nitrogen and oxygen atoms in total. The molecule has 1 aliphatic rings. The molecule has 2 aromatic heterocycles. The van der Waals surface area contributed by atoms with Crippen molar-refractivity contribution in [3.05, 3.63) is 38.5 Å². The molecule has 0 saturated carbocycles. The van der Waals surface area contributed by atoms with E-state index in [9.17, 15) is 0 Å². The lowest BCUT2D eigenvalue weighted by Gasteiger charge is -2.29. The largest absolute Gasteiger partial charge is 0.271 e. The lowest BCUT2D eigenvalue weighted by atomic mass is 9.81. The molecule has 96 valence electrons. The van der Waals surface area contributed by atoms with Crippen LogP contribution in [0.1, 0.15) is 34.2 Å². The zero-order valence-electron chi connectivity index (χ0n) is 10.1. The number of hydrogen-bond donors (Lipinski definition) is 2. The van der Waals surface area contributed by atoms with Gasteiger partial charge in [-0.25, -0.2) is 4.98 Å². The Balaban J connectivity index is 1.81. The summed E-state index contributed by atoms with van der Waals surface area (Å²) in [6.45, 7) is 0. The first kappa shape index (κ1) is 12.3. The molecule has 0 radical (unpaired) electrons. The summed E-state index contributed by atoms with van der Waals surface area (Å²) in [6, 6.07) is 2.57. The Morgan fingerprint density at radius 2 is 2.39 bits per heavy atom.